The van der Waals surface area contributed by atoms with Gasteiger partial charge in [0.15, 0.2) is 0 Å². The van der Waals surface area contributed by atoms with Gasteiger partial charge in [0.25, 0.3) is 0 Å². The highest BCUT2D eigenvalue weighted by molar-refractivity contribution is 7.42. The fourth-order valence-corrected chi connectivity index (χ4v) is 4.79. The molecule has 2 aromatic carbocycles. The minimum absolute atomic E-state index is 0.339. The molecule has 0 amide bonds. The van der Waals surface area contributed by atoms with E-state index in [-0.39, 0.29) is 0 Å². The molecule has 0 fully saturated rings. The van der Waals surface area contributed by atoms with Gasteiger partial charge in [-0.1, -0.05) is 91.8 Å². The summed E-state index contributed by atoms with van der Waals surface area (Å²) in [5.41, 5.74) is 4.76. The lowest BCUT2D eigenvalue weighted by atomic mass is 9.94. The molecule has 0 aromatic heterocycles. The Hall–Kier alpha value is -1.61. The molecule has 4 nitrogen and oxygen atoms in total. The Balaban J connectivity index is 2.51. The van der Waals surface area contributed by atoms with Gasteiger partial charge in [-0.05, 0) is 60.0 Å². The monoisotopic (exact) mass is 473 g/mol. The molecule has 0 spiro atoms. The van der Waals surface area contributed by atoms with Gasteiger partial charge in [0.2, 0.25) is 0 Å². The Bertz CT molecular complexity index is 759. The summed E-state index contributed by atoms with van der Waals surface area (Å²) in [6.45, 7) is 19.0. The fraction of sp³-hybridized carbons (Fsp3) is 0.571. The van der Waals surface area contributed by atoms with E-state index in [1.54, 1.807) is 0 Å². The molecule has 184 valence electrons. The van der Waals surface area contributed by atoms with Crippen molar-refractivity contribution in [2.45, 2.75) is 79.1 Å². The topological polar surface area (TPSA) is 30.9 Å². The molecular formula is C28H44NO3P. The van der Waals surface area contributed by atoms with Crippen molar-refractivity contribution in [2.24, 2.45) is 0 Å². The summed E-state index contributed by atoms with van der Waals surface area (Å²) >= 11 is 0. The van der Waals surface area contributed by atoms with Crippen LogP contribution in [0.1, 0.15) is 101 Å². The number of rotatable bonds is 12. The first-order valence-corrected chi connectivity index (χ1v) is 13.3. The first kappa shape index (κ1) is 27.6. The quantitative estimate of drug-likeness (QED) is 0.289. The number of hydrogen-bond acceptors (Lipinski definition) is 4. The van der Waals surface area contributed by atoms with E-state index in [0.29, 0.717) is 30.3 Å². The number of benzene rings is 2. The molecule has 5 heteroatoms. The van der Waals surface area contributed by atoms with Crippen LogP contribution in [0.2, 0.25) is 0 Å². The van der Waals surface area contributed by atoms with Gasteiger partial charge in [-0.2, -0.15) is 0 Å². The molecule has 0 heterocycles. The number of likely N-dealkylation sites (N-methyl/N-ethyl adjacent to an activating group) is 1. The van der Waals surface area contributed by atoms with Gasteiger partial charge in [-0.3, -0.25) is 4.52 Å². The predicted molar refractivity (Wildman–Crippen MR) is 142 cm³/mol. The standard InChI is InChI=1S/C28H44NO3P/c1-19(2)23-13-11-14-24(20(3)4)27(23)31-33(30-18-17-29(9)10)32-28-25(21(5)6)15-12-16-26(28)22(7)8/h11-16,19-22H,17-18H2,1-10H3. The van der Waals surface area contributed by atoms with Gasteiger partial charge in [0.05, 0.1) is 6.61 Å². The van der Waals surface area contributed by atoms with Gasteiger partial charge < -0.3 is 13.9 Å². The molecule has 0 saturated carbocycles. The van der Waals surface area contributed by atoms with Crippen LogP contribution in [-0.2, 0) is 4.52 Å². The molecule has 0 aliphatic heterocycles. The number of nitrogens with zero attached hydrogens (tertiary/aromatic N) is 1. The molecule has 0 bridgehead atoms. The second-order valence-corrected chi connectivity index (χ2v) is 11.3. The van der Waals surface area contributed by atoms with Crippen LogP contribution in [0.5, 0.6) is 11.5 Å². The maximum atomic E-state index is 6.66. The molecule has 0 atom stereocenters. The van der Waals surface area contributed by atoms with Crippen molar-refractivity contribution in [1.29, 1.82) is 0 Å². The van der Waals surface area contributed by atoms with E-state index in [4.69, 9.17) is 13.6 Å². The van der Waals surface area contributed by atoms with Gasteiger partial charge in [0, 0.05) is 6.54 Å². The Kier molecular flexibility index (Phi) is 10.7. The minimum atomic E-state index is -1.63. The van der Waals surface area contributed by atoms with Crippen molar-refractivity contribution < 1.29 is 13.6 Å². The lowest BCUT2D eigenvalue weighted by molar-refractivity contribution is 0.230. The maximum absolute atomic E-state index is 6.66. The number of para-hydroxylation sites is 2. The van der Waals surface area contributed by atoms with Gasteiger partial charge in [0.1, 0.15) is 11.5 Å². The molecule has 0 N–H and O–H groups in total. The van der Waals surface area contributed by atoms with Crippen LogP contribution in [0.15, 0.2) is 36.4 Å². The normalized spacial score (nSPS) is 12.1. The molecule has 0 unspecified atom stereocenters. The van der Waals surface area contributed by atoms with E-state index in [1.165, 1.54) is 22.3 Å². The highest BCUT2D eigenvalue weighted by Gasteiger charge is 2.26. The van der Waals surface area contributed by atoms with Crippen molar-refractivity contribution in [3.05, 3.63) is 58.7 Å². The van der Waals surface area contributed by atoms with E-state index in [0.717, 1.165) is 18.0 Å². The summed E-state index contributed by atoms with van der Waals surface area (Å²) in [7, 11) is 2.46. The summed E-state index contributed by atoms with van der Waals surface area (Å²) in [6, 6.07) is 12.9. The first-order chi connectivity index (χ1) is 15.5. The molecular weight excluding hydrogens is 429 g/mol. The van der Waals surface area contributed by atoms with Crippen LogP contribution in [0.25, 0.3) is 0 Å². The zero-order chi connectivity index (χ0) is 24.7. The molecule has 0 saturated heterocycles. The molecule has 0 aliphatic carbocycles. The van der Waals surface area contributed by atoms with Crippen LogP contribution in [0, 0.1) is 0 Å². The Morgan fingerprint density at radius 3 is 1.24 bits per heavy atom. The summed E-state index contributed by atoms with van der Waals surface area (Å²) in [5.74, 6) is 3.18. The maximum Gasteiger partial charge on any atom is 0.463 e. The fourth-order valence-electron chi connectivity index (χ4n) is 3.69. The lowest BCUT2D eigenvalue weighted by Gasteiger charge is -2.26. The van der Waals surface area contributed by atoms with Crippen LogP contribution in [-0.4, -0.2) is 32.1 Å². The van der Waals surface area contributed by atoms with Gasteiger partial charge in [-0.15, -0.1) is 0 Å². The lowest BCUT2D eigenvalue weighted by Crippen LogP contribution is -2.18. The third kappa shape index (κ3) is 7.70. The first-order valence-electron chi connectivity index (χ1n) is 12.2. The van der Waals surface area contributed by atoms with Crippen molar-refractivity contribution in [3.8, 4) is 11.5 Å². The Morgan fingerprint density at radius 2 is 0.970 bits per heavy atom. The predicted octanol–water partition coefficient (Wildman–Crippen LogP) is 8.44. The molecule has 33 heavy (non-hydrogen) atoms. The van der Waals surface area contributed by atoms with Crippen LogP contribution in [0.3, 0.4) is 0 Å². The highest BCUT2D eigenvalue weighted by Crippen LogP contribution is 2.49. The Labute approximate surface area is 203 Å². The van der Waals surface area contributed by atoms with Crippen molar-refractivity contribution in [1.82, 2.24) is 4.90 Å². The molecule has 0 aliphatic rings. The van der Waals surface area contributed by atoms with Crippen LogP contribution >= 0.6 is 8.60 Å². The average molecular weight is 474 g/mol. The van der Waals surface area contributed by atoms with Gasteiger partial charge in [-0.25, -0.2) is 0 Å². The number of hydrogen-bond donors (Lipinski definition) is 0. The average Bonchev–Trinajstić information content (AvgIpc) is 2.72. The second-order valence-electron chi connectivity index (χ2n) is 10.2. The molecule has 2 aromatic rings. The minimum Gasteiger partial charge on any atom is -0.417 e. The van der Waals surface area contributed by atoms with E-state index >= 15 is 0 Å². The molecule has 2 rings (SSSR count). The van der Waals surface area contributed by atoms with E-state index in [9.17, 15) is 0 Å². The summed E-state index contributed by atoms with van der Waals surface area (Å²) in [4.78, 5) is 2.11. The largest absolute Gasteiger partial charge is 0.463 e. The van der Waals surface area contributed by atoms with E-state index in [1.807, 2.05) is 14.1 Å². The zero-order valence-corrected chi connectivity index (χ0v) is 23.2. The van der Waals surface area contributed by atoms with E-state index < -0.39 is 8.60 Å². The Morgan fingerprint density at radius 1 is 0.636 bits per heavy atom. The zero-order valence-electron chi connectivity index (χ0n) is 22.3. The molecule has 0 radical (unpaired) electrons. The van der Waals surface area contributed by atoms with Crippen molar-refractivity contribution >= 4 is 8.60 Å². The summed E-state index contributed by atoms with van der Waals surface area (Å²) in [6.07, 6.45) is 0. The smallest absolute Gasteiger partial charge is 0.417 e. The van der Waals surface area contributed by atoms with Crippen LogP contribution in [0.4, 0.5) is 0 Å². The third-order valence-corrected chi connectivity index (χ3v) is 6.76. The summed E-state index contributed by atoms with van der Waals surface area (Å²) < 4.78 is 19.6. The third-order valence-electron chi connectivity index (χ3n) is 5.71. The van der Waals surface area contributed by atoms with Crippen molar-refractivity contribution in [3.63, 3.8) is 0 Å². The SMILES string of the molecule is CC(C)c1cccc(C(C)C)c1OP(OCCN(C)C)Oc1c(C(C)C)cccc1C(C)C. The van der Waals surface area contributed by atoms with Crippen LogP contribution < -0.4 is 9.05 Å². The van der Waals surface area contributed by atoms with Crippen molar-refractivity contribution in [2.75, 3.05) is 27.2 Å². The van der Waals surface area contributed by atoms with E-state index in [2.05, 4.69) is 96.7 Å². The van der Waals surface area contributed by atoms with Gasteiger partial charge >= 0.3 is 8.60 Å². The second kappa shape index (κ2) is 12.7. The highest BCUT2D eigenvalue weighted by atomic mass is 31.2. The summed E-state index contributed by atoms with van der Waals surface area (Å²) in [5, 5.41) is 0.